The van der Waals surface area contributed by atoms with Crippen molar-refractivity contribution in [2.24, 2.45) is 0 Å². The van der Waals surface area contributed by atoms with Gasteiger partial charge in [-0.1, -0.05) is 42.5 Å². The van der Waals surface area contributed by atoms with Gasteiger partial charge in [-0.05, 0) is 54.4 Å². The average molecular weight is 466 g/mol. The van der Waals surface area contributed by atoms with E-state index in [0.717, 1.165) is 16.8 Å². The first-order chi connectivity index (χ1) is 15.9. The van der Waals surface area contributed by atoms with Crippen LogP contribution >= 0.6 is 0 Å². The molecule has 0 radical (unpaired) electrons. The van der Waals surface area contributed by atoms with Gasteiger partial charge in [0.2, 0.25) is 15.9 Å². The number of ether oxygens (including phenoxy) is 1. The van der Waals surface area contributed by atoms with E-state index in [1.54, 1.807) is 19.1 Å². The van der Waals surface area contributed by atoms with Crippen LogP contribution in [0, 0.1) is 0 Å². The molecule has 172 valence electrons. The topological polar surface area (TPSA) is 87.7 Å². The number of benzene rings is 3. The zero-order chi connectivity index (χ0) is 23.3. The molecular formula is C25H27N3O4S. The van der Waals surface area contributed by atoms with Crippen molar-refractivity contribution in [3.63, 3.8) is 0 Å². The van der Waals surface area contributed by atoms with E-state index >= 15 is 0 Å². The van der Waals surface area contributed by atoms with Crippen LogP contribution in [0.2, 0.25) is 0 Å². The molecule has 1 amide bonds. The van der Waals surface area contributed by atoms with Gasteiger partial charge in [-0.2, -0.15) is 4.31 Å². The first-order valence-corrected chi connectivity index (χ1v) is 12.3. The van der Waals surface area contributed by atoms with Crippen LogP contribution in [0.4, 0.5) is 11.4 Å². The van der Waals surface area contributed by atoms with Crippen molar-refractivity contribution in [1.29, 1.82) is 0 Å². The first-order valence-electron chi connectivity index (χ1n) is 10.8. The van der Waals surface area contributed by atoms with Crippen LogP contribution in [-0.4, -0.2) is 51.0 Å². The van der Waals surface area contributed by atoms with Gasteiger partial charge in [0.15, 0.2) is 0 Å². The van der Waals surface area contributed by atoms with E-state index in [0.29, 0.717) is 32.0 Å². The fourth-order valence-electron chi connectivity index (χ4n) is 3.60. The highest BCUT2D eigenvalue weighted by Crippen LogP contribution is 2.22. The summed E-state index contributed by atoms with van der Waals surface area (Å²) in [6, 6.07) is 23.7. The normalized spacial score (nSPS) is 15.5. The van der Waals surface area contributed by atoms with Crippen molar-refractivity contribution in [3.05, 3.63) is 78.9 Å². The van der Waals surface area contributed by atoms with Crippen molar-refractivity contribution in [2.75, 3.05) is 36.9 Å². The standard InChI is InChI=1S/C25H27N3O4S/c1-19(26-22-9-7-21(8-10-22)20-5-3-2-4-6-20)25(29)27-23-11-13-24(14-12-23)33(30,31)28-15-17-32-18-16-28/h2-14,19,26H,15-18H2,1H3,(H,27,29)/t19-/m1/s1. The molecular weight excluding hydrogens is 438 g/mol. The van der Waals surface area contributed by atoms with E-state index in [1.165, 1.54) is 16.4 Å². The molecule has 0 unspecified atom stereocenters. The molecule has 1 aliphatic heterocycles. The molecule has 3 aromatic rings. The number of morpholine rings is 1. The summed E-state index contributed by atoms with van der Waals surface area (Å²) >= 11 is 0. The number of rotatable bonds is 7. The second-order valence-corrected chi connectivity index (χ2v) is 9.78. The quantitative estimate of drug-likeness (QED) is 0.554. The molecule has 7 nitrogen and oxygen atoms in total. The van der Waals surface area contributed by atoms with Crippen molar-refractivity contribution < 1.29 is 17.9 Å². The van der Waals surface area contributed by atoms with Gasteiger partial charge in [0, 0.05) is 24.5 Å². The predicted octanol–water partition coefficient (Wildman–Crippen LogP) is 3.81. The molecule has 1 atom stereocenters. The largest absolute Gasteiger partial charge is 0.379 e. The summed E-state index contributed by atoms with van der Waals surface area (Å²) in [6.07, 6.45) is 0. The Morgan fingerprint density at radius 3 is 2.06 bits per heavy atom. The number of amides is 1. The van der Waals surface area contributed by atoms with Gasteiger partial charge in [0.25, 0.3) is 0 Å². The number of nitrogens with one attached hydrogen (secondary N) is 2. The van der Waals surface area contributed by atoms with E-state index in [-0.39, 0.29) is 10.8 Å². The molecule has 2 N–H and O–H groups in total. The Hall–Kier alpha value is -3.20. The fraction of sp³-hybridized carbons (Fsp3) is 0.240. The number of hydrogen-bond acceptors (Lipinski definition) is 5. The summed E-state index contributed by atoms with van der Waals surface area (Å²) in [5, 5.41) is 6.02. The van der Waals surface area contributed by atoms with Gasteiger partial charge >= 0.3 is 0 Å². The lowest BCUT2D eigenvalue weighted by Crippen LogP contribution is -2.40. The molecule has 8 heteroatoms. The summed E-state index contributed by atoms with van der Waals surface area (Å²) in [6.45, 7) is 3.25. The summed E-state index contributed by atoms with van der Waals surface area (Å²) < 4.78 is 32.1. The molecule has 1 heterocycles. The number of anilines is 2. The minimum absolute atomic E-state index is 0.201. The summed E-state index contributed by atoms with van der Waals surface area (Å²) in [5.41, 5.74) is 3.61. The van der Waals surface area contributed by atoms with Gasteiger partial charge in [-0.3, -0.25) is 4.79 Å². The zero-order valence-electron chi connectivity index (χ0n) is 18.4. The molecule has 33 heavy (non-hydrogen) atoms. The number of carbonyl (C=O) groups excluding carboxylic acids is 1. The van der Waals surface area contributed by atoms with Crippen molar-refractivity contribution in [2.45, 2.75) is 17.9 Å². The van der Waals surface area contributed by atoms with Crippen molar-refractivity contribution in [3.8, 4) is 11.1 Å². The second-order valence-electron chi connectivity index (χ2n) is 7.84. The Balaban J connectivity index is 1.35. The molecule has 0 aromatic heterocycles. The van der Waals surface area contributed by atoms with E-state index < -0.39 is 16.1 Å². The van der Waals surface area contributed by atoms with Crippen LogP contribution in [0.5, 0.6) is 0 Å². The second kappa shape index (κ2) is 10.2. The molecule has 1 fully saturated rings. The Labute approximate surface area is 194 Å². The van der Waals surface area contributed by atoms with Crippen LogP contribution in [0.25, 0.3) is 11.1 Å². The summed E-state index contributed by atoms with van der Waals surface area (Å²) in [4.78, 5) is 12.8. The SMILES string of the molecule is C[C@@H](Nc1ccc(-c2ccccc2)cc1)C(=O)Nc1ccc(S(=O)(=O)N2CCOCC2)cc1. The third kappa shape index (κ3) is 5.60. The van der Waals surface area contributed by atoms with Crippen LogP contribution in [0.1, 0.15) is 6.92 Å². The third-order valence-electron chi connectivity index (χ3n) is 5.50. The lowest BCUT2D eigenvalue weighted by atomic mass is 10.1. The van der Waals surface area contributed by atoms with Crippen LogP contribution in [-0.2, 0) is 19.6 Å². The molecule has 0 spiro atoms. The van der Waals surface area contributed by atoms with E-state index in [9.17, 15) is 13.2 Å². The number of nitrogens with zero attached hydrogens (tertiary/aromatic N) is 1. The van der Waals surface area contributed by atoms with Gasteiger partial charge in [-0.15, -0.1) is 0 Å². The molecule has 0 saturated carbocycles. The van der Waals surface area contributed by atoms with Gasteiger partial charge in [0.05, 0.1) is 18.1 Å². The van der Waals surface area contributed by atoms with E-state index in [2.05, 4.69) is 22.8 Å². The van der Waals surface area contributed by atoms with Gasteiger partial charge in [0.1, 0.15) is 6.04 Å². The Morgan fingerprint density at radius 2 is 1.42 bits per heavy atom. The van der Waals surface area contributed by atoms with Gasteiger partial charge in [-0.25, -0.2) is 8.42 Å². The monoisotopic (exact) mass is 465 g/mol. The minimum atomic E-state index is -3.56. The zero-order valence-corrected chi connectivity index (χ0v) is 19.2. The first kappa shape index (κ1) is 23.0. The Morgan fingerprint density at radius 1 is 0.848 bits per heavy atom. The minimum Gasteiger partial charge on any atom is -0.379 e. The Bertz CT molecular complexity index is 1170. The number of carbonyl (C=O) groups is 1. The highest BCUT2D eigenvalue weighted by molar-refractivity contribution is 7.89. The molecule has 1 aliphatic rings. The van der Waals surface area contributed by atoms with Crippen LogP contribution < -0.4 is 10.6 Å². The fourth-order valence-corrected chi connectivity index (χ4v) is 5.01. The predicted molar refractivity (Wildman–Crippen MR) is 130 cm³/mol. The molecule has 1 saturated heterocycles. The lowest BCUT2D eigenvalue weighted by Gasteiger charge is -2.26. The number of sulfonamides is 1. The summed E-state index contributed by atoms with van der Waals surface area (Å²) in [5.74, 6) is -0.217. The highest BCUT2D eigenvalue weighted by Gasteiger charge is 2.26. The van der Waals surface area contributed by atoms with Crippen molar-refractivity contribution in [1.82, 2.24) is 4.31 Å². The highest BCUT2D eigenvalue weighted by atomic mass is 32.2. The average Bonchev–Trinajstić information content (AvgIpc) is 2.86. The lowest BCUT2D eigenvalue weighted by molar-refractivity contribution is -0.116. The molecule has 3 aromatic carbocycles. The number of hydrogen-bond donors (Lipinski definition) is 2. The van der Waals surface area contributed by atoms with Gasteiger partial charge < -0.3 is 15.4 Å². The van der Waals surface area contributed by atoms with E-state index in [1.807, 2.05) is 42.5 Å². The van der Waals surface area contributed by atoms with E-state index in [4.69, 9.17) is 4.74 Å². The maximum Gasteiger partial charge on any atom is 0.246 e. The third-order valence-corrected chi connectivity index (χ3v) is 7.41. The van der Waals surface area contributed by atoms with Crippen LogP contribution in [0.15, 0.2) is 83.8 Å². The smallest absolute Gasteiger partial charge is 0.246 e. The maximum atomic E-state index is 12.7. The molecule has 4 rings (SSSR count). The van der Waals surface area contributed by atoms with Crippen LogP contribution in [0.3, 0.4) is 0 Å². The molecule has 0 bridgehead atoms. The molecule has 0 aliphatic carbocycles. The Kier molecular flexibility index (Phi) is 7.08. The van der Waals surface area contributed by atoms with Crippen molar-refractivity contribution >= 4 is 27.3 Å². The maximum absolute atomic E-state index is 12.7. The summed E-state index contributed by atoms with van der Waals surface area (Å²) in [7, 11) is -3.56.